The maximum absolute atomic E-state index is 4.82. The Labute approximate surface area is 305 Å². The Kier molecular flexibility index (Phi) is 6.97. The molecule has 0 fully saturated rings. The molecular weight excluding hydrogens is 631 g/mol. The Morgan fingerprint density at radius 2 is 1.13 bits per heavy atom. The highest BCUT2D eigenvalue weighted by molar-refractivity contribution is 5.91. The summed E-state index contributed by atoms with van der Waals surface area (Å²) in [5.74, 6) is 0.136. The maximum atomic E-state index is 4.82. The Bertz CT molecular complexity index is 2430. The fourth-order valence-electron chi connectivity index (χ4n) is 9.46. The molecule has 248 valence electrons. The van der Waals surface area contributed by atoms with Crippen molar-refractivity contribution in [2.45, 2.75) is 23.8 Å². The van der Waals surface area contributed by atoms with Gasteiger partial charge in [0.25, 0.3) is 0 Å². The molecule has 2 aromatic heterocycles. The van der Waals surface area contributed by atoms with Crippen molar-refractivity contribution < 1.29 is 0 Å². The van der Waals surface area contributed by atoms with Crippen molar-refractivity contribution in [3.05, 3.63) is 233 Å². The second-order valence-electron chi connectivity index (χ2n) is 14.3. The second kappa shape index (κ2) is 11.9. The van der Waals surface area contributed by atoms with Crippen LogP contribution >= 0.6 is 0 Å². The number of para-hydroxylation sites is 1. The molecule has 0 N–H and O–H groups in total. The number of anilines is 2. The quantitative estimate of drug-likeness (QED) is 0.183. The first-order valence-corrected chi connectivity index (χ1v) is 18.2. The van der Waals surface area contributed by atoms with Crippen LogP contribution in [0.2, 0.25) is 0 Å². The molecule has 0 bridgehead atoms. The molecule has 7 aromatic rings. The van der Waals surface area contributed by atoms with Gasteiger partial charge in [-0.3, -0.25) is 9.97 Å². The minimum atomic E-state index is -0.579. The van der Waals surface area contributed by atoms with Crippen LogP contribution in [-0.4, -0.2) is 16.0 Å². The molecule has 0 amide bonds. The van der Waals surface area contributed by atoms with Crippen LogP contribution in [0, 0.1) is 5.92 Å². The predicted molar refractivity (Wildman–Crippen MR) is 212 cm³/mol. The van der Waals surface area contributed by atoms with Crippen LogP contribution in [0.3, 0.4) is 0 Å². The molecule has 10 rings (SSSR count). The standard InChI is InChI=1S/C49H37N3/c1-48(36-16-5-2-6-17-36)39-28-26-34(43-24-11-13-30-50-43)32-45(39)52-46-33-35(44-25-12-14-31-51-44)27-29-40(46)49(37-18-7-3-8-19-37,38-20-9-4-10-21-38)42-23-15-22-41(48)47(42)52/h2-33,39,45H,1H3. The number of nitrogens with zero attached hydrogens (tertiary/aromatic N) is 3. The van der Waals surface area contributed by atoms with E-state index in [1.807, 2.05) is 24.5 Å². The van der Waals surface area contributed by atoms with Gasteiger partial charge in [-0.25, -0.2) is 0 Å². The summed E-state index contributed by atoms with van der Waals surface area (Å²) >= 11 is 0. The van der Waals surface area contributed by atoms with E-state index in [9.17, 15) is 0 Å². The molecule has 5 aromatic carbocycles. The van der Waals surface area contributed by atoms with E-state index in [1.54, 1.807) is 0 Å². The van der Waals surface area contributed by atoms with Crippen LogP contribution in [0.5, 0.6) is 0 Å². The molecule has 52 heavy (non-hydrogen) atoms. The third kappa shape index (κ3) is 4.32. The van der Waals surface area contributed by atoms with Crippen LogP contribution in [-0.2, 0) is 10.8 Å². The summed E-state index contributed by atoms with van der Waals surface area (Å²) in [6, 6.07) is 59.8. The SMILES string of the molecule is CC1(c2ccccc2)c2cccc3c2N(c2cc(-c4ccccn4)ccc2C3(c2ccccc2)c2ccccc2)C2C=C(c3ccccn3)C=CC21. The first kappa shape index (κ1) is 30.5. The monoisotopic (exact) mass is 667 g/mol. The van der Waals surface area contributed by atoms with Gasteiger partial charge < -0.3 is 4.90 Å². The second-order valence-corrected chi connectivity index (χ2v) is 14.3. The van der Waals surface area contributed by atoms with Crippen molar-refractivity contribution in [2.24, 2.45) is 5.92 Å². The third-order valence-electron chi connectivity index (χ3n) is 11.8. The summed E-state index contributed by atoms with van der Waals surface area (Å²) < 4.78 is 0. The Balaban J connectivity index is 1.36. The summed E-state index contributed by atoms with van der Waals surface area (Å²) in [6.45, 7) is 2.46. The molecule has 3 unspecified atom stereocenters. The number of hydrogen-bond acceptors (Lipinski definition) is 3. The Hall–Kier alpha value is -6.32. The highest BCUT2D eigenvalue weighted by Crippen LogP contribution is 2.64. The van der Waals surface area contributed by atoms with Crippen molar-refractivity contribution in [2.75, 3.05) is 4.90 Å². The summed E-state index contributed by atoms with van der Waals surface area (Å²) in [6.07, 6.45) is 11.0. The molecule has 4 heterocycles. The van der Waals surface area contributed by atoms with Crippen LogP contribution in [0.1, 0.15) is 46.0 Å². The third-order valence-corrected chi connectivity index (χ3v) is 11.8. The Morgan fingerprint density at radius 1 is 0.538 bits per heavy atom. The van der Waals surface area contributed by atoms with E-state index in [0.717, 1.165) is 22.5 Å². The van der Waals surface area contributed by atoms with Crippen molar-refractivity contribution in [1.29, 1.82) is 0 Å². The zero-order chi connectivity index (χ0) is 34.7. The van der Waals surface area contributed by atoms with E-state index in [4.69, 9.17) is 9.97 Å². The van der Waals surface area contributed by atoms with Gasteiger partial charge in [0.2, 0.25) is 0 Å². The molecule has 0 spiro atoms. The van der Waals surface area contributed by atoms with Gasteiger partial charge in [0, 0.05) is 35.0 Å². The van der Waals surface area contributed by atoms with Crippen molar-refractivity contribution in [3.8, 4) is 11.3 Å². The van der Waals surface area contributed by atoms with Gasteiger partial charge >= 0.3 is 0 Å². The van der Waals surface area contributed by atoms with Gasteiger partial charge in [-0.15, -0.1) is 0 Å². The first-order valence-electron chi connectivity index (χ1n) is 18.2. The topological polar surface area (TPSA) is 29.0 Å². The molecule has 2 aliphatic heterocycles. The molecule has 3 atom stereocenters. The van der Waals surface area contributed by atoms with Crippen LogP contribution < -0.4 is 4.90 Å². The fraction of sp³-hybridized carbons (Fsp3) is 0.102. The van der Waals surface area contributed by atoms with E-state index in [0.29, 0.717) is 0 Å². The van der Waals surface area contributed by atoms with E-state index < -0.39 is 5.41 Å². The summed E-state index contributed by atoms with van der Waals surface area (Å²) in [7, 11) is 0. The lowest BCUT2D eigenvalue weighted by atomic mass is 9.55. The number of rotatable bonds is 5. The molecule has 0 saturated heterocycles. The van der Waals surface area contributed by atoms with E-state index >= 15 is 0 Å². The highest BCUT2D eigenvalue weighted by atomic mass is 15.2. The molecule has 1 aliphatic carbocycles. The van der Waals surface area contributed by atoms with Crippen LogP contribution in [0.25, 0.3) is 16.8 Å². The maximum Gasteiger partial charge on any atom is 0.0742 e. The number of hydrogen-bond donors (Lipinski definition) is 0. The number of aromatic nitrogens is 2. The minimum Gasteiger partial charge on any atom is -0.333 e. The van der Waals surface area contributed by atoms with E-state index in [1.165, 1.54) is 44.8 Å². The van der Waals surface area contributed by atoms with E-state index in [2.05, 4.69) is 182 Å². The number of pyridine rings is 2. The largest absolute Gasteiger partial charge is 0.333 e. The highest BCUT2D eigenvalue weighted by Gasteiger charge is 2.56. The number of fused-ring (bicyclic) bond motifs is 4. The minimum absolute atomic E-state index is 0.00291. The molecule has 0 radical (unpaired) electrons. The zero-order valence-electron chi connectivity index (χ0n) is 29.0. The van der Waals surface area contributed by atoms with Gasteiger partial charge in [0.05, 0.1) is 28.5 Å². The van der Waals surface area contributed by atoms with Gasteiger partial charge in [-0.05, 0) is 69.3 Å². The lowest BCUT2D eigenvalue weighted by Crippen LogP contribution is -2.55. The summed E-state index contributed by atoms with van der Waals surface area (Å²) in [5, 5.41) is 0. The fourth-order valence-corrected chi connectivity index (χ4v) is 9.46. The lowest BCUT2D eigenvalue weighted by molar-refractivity contribution is 0.356. The van der Waals surface area contributed by atoms with Crippen LogP contribution in [0.15, 0.2) is 194 Å². The molecule has 3 heteroatoms. The normalized spacial score (nSPS) is 20.6. The predicted octanol–water partition coefficient (Wildman–Crippen LogP) is 10.9. The first-order chi connectivity index (χ1) is 25.7. The Morgan fingerprint density at radius 3 is 1.77 bits per heavy atom. The molecule has 0 saturated carbocycles. The van der Waals surface area contributed by atoms with Crippen molar-refractivity contribution in [1.82, 2.24) is 9.97 Å². The number of benzene rings is 5. The van der Waals surface area contributed by atoms with Gasteiger partial charge in [0.1, 0.15) is 0 Å². The van der Waals surface area contributed by atoms with Crippen molar-refractivity contribution >= 4 is 16.9 Å². The summed E-state index contributed by atoms with van der Waals surface area (Å²) in [5.41, 5.74) is 13.5. The molecule has 3 nitrogen and oxygen atoms in total. The van der Waals surface area contributed by atoms with Crippen molar-refractivity contribution in [3.63, 3.8) is 0 Å². The smallest absolute Gasteiger partial charge is 0.0742 e. The average molecular weight is 668 g/mol. The average Bonchev–Trinajstić information content (AvgIpc) is 3.23. The van der Waals surface area contributed by atoms with Gasteiger partial charge in [-0.2, -0.15) is 0 Å². The van der Waals surface area contributed by atoms with Crippen LogP contribution in [0.4, 0.5) is 11.4 Å². The number of allylic oxidation sites excluding steroid dienone is 2. The molecular formula is C49H37N3. The van der Waals surface area contributed by atoms with Gasteiger partial charge in [0.15, 0.2) is 0 Å². The van der Waals surface area contributed by atoms with E-state index in [-0.39, 0.29) is 17.4 Å². The molecule has 3 aliphatic rings. The zero-order valence-corrected chi connectivity index (χ0v) is 29.0. The lowest BCUT2D eigenvalue weighted by Gasteiger charge is -2.57. The van der Waals surface area contributed by atoms with Gasteiger partial charge in [-0.1, -0.05) is 159 Å². The summed E-state index contributed by atoms with van der Waals surface area (Å²) in [4.78, 5) is 12.3.